The molecule has 2 aromatic rings. The number of Topliss-reactive ketones (excluding diaryl/α,β-unsaturated/α-hetero) is 1. The van der Waals surface area contributed by atoms with Crippen LogP contribution in [0, 0.1) is 34.0 Å². The highest BCUT2D eigenvalue weighted by Gasteiger charge is 2.61. The van der Waals surface area contributed by atoms with E-state index in [1.165, 1.54) is 6.92 Å². The van der Waals surface area contributed by atoms with E-state index in [1.807, 2.05) is 60.7 Å². The monoisotopic (exact) mass is 358 g/mol. The molecule has 4 heteroatoms. The Morgan fingerprint density at radius 1 is 1.00 bits per heavy atom. The van der Waals surface area contributed by atoms with Crippen molar-refractivity contribution in [2.45, 2.75) is 37.7 Å². The highest BCUT2D eigenvalue weighted by atomic mass is 16.3. The summed E-state index contributed by atoms with van der Waals surface area (Å²) in [6, 6.07) is 23.0. The quantitative estimate of drug-likeness (QED) is 0.900. The van der Waals surface area contributed by atoms with Gasteiger partial charge in [-0.25, -0.2) is 0 Å². The molecule has 2 aromatic carbocycles. The van der Waals surface area contributed by atoms with E-state index in [0.717, 1.165) is 11.1 Å². The molecule has 0 amide bonds. The minimum Gasteiger partial charge on any atom is -0.389 e. The molecule has 4 atom stereocenters. The topological polar surface area (TPSA) is 84.9 Å². The summed E-state index contributed by atoms with van der Waals surface area (Å²) >= 11 is 0. The number of nitrogens with zero attached hydrogens (tertiary/aromatic N) is 2. The van der Waals surface area contributed by atoms with Crippen LogP contribution in [0.25, 0.3) is 0 Å². The Morgan fingerprint density at radius 2 is 1.48 bits per heavy atom. The molecule has 0 heterocycles. The highest BCUT2D eigenvalue weighted by molar-refractivity contribution is 5.81. The number of hydrogen-bond donors (Lipinski definition) is 1. The van der Waals surface area contributed by atoms with Crippen molar-refractivity contribution in [2.75, 3.05) is 0 Å². The van der Waals surface area contributed by atoms with Gasteiger partial charge in [0.1, 0.15) is 5.78 Å². The molecule has 0 spiro atoms. The zero-order chi connectivity index (χ0) is 19.7. The van der Waals surface area contributed by atoms with Crippen LogP contribution in [0.15, 0.2) is 60.7 Å². The van der Waals surface area contributed by atoms with Crippen molar-refractivity contribution in [3.63, 3.8) is 0 Å². The van der Waals surface area contributed by atoms with Crippen molar-refractivity contribution < 1.29 is 9.90 Å². The van der Waals surface area contributed by atoms with Crippen molar-refractivity contribution in [3.8, 4) is 12.1 Å². The first-order chi connectivity index (χ1) is 12.9. The molecule has 136 valence electrons. The Balaban J connectivity index is 2.30. The van der Waals surface area contributed by atoms with Crippen LogP contribution < -0.4 is 0 Å². The van der Waals surface area contributed by atoms with Crippen LogP contribution in [0.5, 0.6) is 0 Å². The molecule has 1 saturated carbocycles. The number of rotatable bonds is 3. The fourth-order valence-corrected chi connectivity index (χ4v) is 4.71. The van der Waals surface area contributed by atoms with E-state index in [9.17, 15) is 20.4 Å². The second-order valence-electron chi connectivity index (χ2n) is 7.59. The van der Waals surface area contributed by atoms with Crippen molar-refractivity contribution in [1.82, 2.24) is 0 Å². The average Bonchev–Trinajstić information content (AvgIpc) is 2.68. The lowest BCUT2D eigenvalue weighted by Crippen LogP contribution is -2.55. The van der Waals surface area contributed by atoms with Crippen LogP contribution in [-0.2, 0) is 4.79 Å². The molecule has 1 fully saturated rings. The minimum atomic E-state index is -1.46. The lowest BCUT2D eigenvalue weighted by molar-refractivity contribution is -0.139. The summed E-state index contributed by atoms with van der Waals surface area (Å²) in [5, 5.41) is 31.7. The minimum absolute atomic E-state index is 0.172. The Morgan fingerprint density at radius 3 is 1.93 bits per heavy atom. The second-order valence-corrected chi connectivity index (χ2v) is 7.59. The molecule has 4 unspecified atom stereocenters. The predicted molar refractivity (Wildman–Crippen MR) is 101 cm³/mol. The van der Waals surface area contributed by atoms with E-state index >= 15 is 0 Å². The SMILES string of the molecule is CC(=O)C1C(c2ccccc2)C(C#N)(C#N)C(c2ccccc2)CC1(C)O. The first-order valence-electron chi connectivity index (χ1n) is 9.02. The van der Waals surface area contributed by atoms with Gasteiger partial charge in [0.25, 0.3) is 0 Å². The van der Waals surface area contributed by atoms with Crippen molar-refractivity contribution in [2.24, 2.45) is 11.3 Å². The second kappa shape index (κ2) is 6.99. The lowest BCUT2D eigenvalue weighted by atomic mass is 9.49. The van der Waals surface area contributed by atoms with Gasteiger partial charge in [-0.3, -0.25) is 4.79 Å². The molecule has 1 aliphatic rings. The van der Waals surface area contributed by atoms with Crippen LogP contribution in [0.2, 0.25) is 0 Å². The van der Waals surface area contributed by atoms with E-state index < -0.39 is 28.8 Å². The number of carbonyl (C=O) groups is 1. The Hall–Kier alpha value is -2.95. The molecule has 4 nitrogen and oxygen atoms in total. The summed E-state index contributed by atoms with van der Waals surface area (Å²) in [7, 11) is 0. The molecule has 27 heavy (non-hydrogen) atoms. The number of benzene rings is 2. The smallest absolute Gasteiger partial charge is 0.158 e. The fourth-order valence-electron chi connectivity index (χ4n) is 4.71. The molecule has 0 bridgehead atoms. The normalized spacial score (nSPS) is 29.3. The molecule has 0 aliphatic heterocycles. The van der Waals surface area contributed by atoms with Gasteiger partial charge in [-0.2, -0.15) is 10.5 Å². The standard InChI is InChI=1S/C23H22N2O2/c1-16(26)20-21(18-11-7-4-8-12-18)23(14-24,15-25)19(13-22(20,2)27)17-9-5-3-6-10-17/h3-12,19-21,27H,13H2,1-2H3. The number of ketones is 1. The van der Waals surface area contributed by atoms with Gasteiger partial charge < -0.3 is 5.11 Å². The summed E-state index contributed by atoms with van der Waals surface area (Å²) in [5.74, 6) is -2.28. The van der Waals surface area contributed by atoms with Gasteiger partial charge in [-0.1, -0.05) is 60.7 Å². The van der Waals surface area contributed by atoms with E-state index in [2.05, 4.69) is 12.1 Å². The molecule has 0 radical (unpaired) electrons. The first-order valence-corrected chi connectivity index (χ1v) is 9.02. The summed E-state index contributed by atoms with van der Waals surface area (Å²) in [6.07, 6.45) is 0.172. The molecular formula is C23H22N2O2. The maximum atomic E-state index is 12.6. The molecule has 0 aromatic heterocycles. The molecule has 3 rings (SSSR count). The van der Waals surface area contributed by atoms with Crippen LogP contribution in [0.1, 0.15) is 43.2 Å². The number of carbonyl (C=O) groups excluding carboxylic acids is 1. The van der Waals surface area contributed by atoms with Gasteiger partial charge in [0.05, 0.1) is 23.7 Å². The zero-order valence-electron chi connectivity index (χ0n) is 15.5. The van der Waals surface area contributed by atoms with Crippen molar-refractivity contribution >= 4 is 5.78 Å². The number of nitriles is 2. The molecule has 1 aliphatic carbocycles. The third-order valence-corrected chi connectivity index (χ3v) is 5.83. The van der Waals surface area contributed by atoms with E-state index in [-0.39, 0.29) is 12.2 Å². The highest BCUT2D eigenvalue weighted by Crippen LogP contribution is 2.59. The van der Waals surface area contributed by atoms with Crippen LogP contribution in [0.3, 0.4) is 0 Å². The van der Waals surface area contributed by atoms with Gasteiger partial charge in [-0.15, -0.1) is 0 Å². The summed E-state index contributed by atoms with van der Waals surface area (Å²) < 4.78 is 0. The largest absolute Gasteiger partial charge is 0.389 e. The molecular weight excluding hydrogens is 336 g/mol. The van der Waals surface area contributed by atoms with E-state index in [1.54, 1.807) is 6.92 Å². The summed E-state index contributed by atoms with van der Waals surface area (Å²) in [4.78, 5) is 12.6. The van der Waals surface area contributed by atoms with Crippen molar-refractivity contribution in [3.05, 3.63) is 71.8 Å². The van der Waals surface area contributed by atoms with Gasteiger partial charge >= 0.3 is 0 Å². The third kappa shape index (κ3) is 3.03. The molecule has 1 N–H and O–H groups in total. The first kappa shape index (κ1) is 18.8. The molecule has 0 saturated heterocycles. The summed E-state index contributed by atoms with van der Waals surface area (Å²) in [6.45, 7) is 3.07. The van der Waals surface area contributed by atoms with Crippen LogP contribution in [0.4, 0.5) is 0 Å². The Bertz CT molecular complexity index is 893. The van der Waals surface area contributed by atoms with Crippen LogP contribution >= 0.6 is 0 Å². The maximum absolute atomic E-state index is 12.6. The Labute approximate surface area is 159 Å². The number of aliphatic hydroxyl groups is 1. The zero-order valence-corrected chi connectivity index (χ0v) is 15.5. The van der Waals surface area contributed by atoms with Crippen LogP contribution in [-0.4, -0.2) is 16.5 Å². The maximum Gasteiger partial charge on any atom is 0.158 e. The third-order valence-electron chi connectivity index (χ3n) is 5.83. The lowest BCUT2D eigenvalue weighted by Gasteiger charge is -2.51. The van der Waals surface area contributed by atoms with Gasteiger partial charge in [-0.05, 0) is 31.4 Å². The van der Waals surface area contributed by atoms with E-state index in [4.69, 9.17) is 0 Å². The van der Waals surface area contributed by atoms with Gasteiger partial charge in [0, 0.05) is 11.8 Å². The van der Waals surface area contributed by atoms with E-state index in [0.29, 0.717) is 0 Å². The Kier molecular flexibility index (Phi) is 4.87. The predicted octanol–water partition coefficient (Wildman–Crippen LogP) is 3.95. The van der Waals surface area contributed by atoms with Crippen molar-refractivity contribution in [1.29, 1.82) is 10.5 Å². The average molecular weight is 358 g/mol. The summed E-state index contributed by atoms with van der Waals surface area (Å²) in [5.41, 5.74) is -1.24. The van der Waals surface area contributed by atoms with Gasteiger partial charge in [0.2, 0.25) is 0 Å². The van der Waals surface area contributed by atoms with Gasteiger partial charge in [0.15, 0.2) is 5.41 Å². The number of hydrogen-bond acceptors (Lipinski definition) is 4. The fraction of sp³-hybridized carbons (Fsp3) is 0.348.